The summed E-state index contributed by atoms with van der Waals surface area (Å²) >= 11 is 0. The summed E-state index contributed by atoms with van der Waals surface area (Å²) in [6.45, 7) is 8.40. The van der Waals surface area contributed by atoms with Crippen molar-refractivity contribution in [1.29, 1.82) is 0 Å². The van der Waals surface area contributed by atoms with Gasteiger partial charge in [0.15, 0.2) is 0 Å². The molecule has 2 N–H and O–H groups in total. The zero-order chi connectivity index (χ0) is 14.5. The molecule has 0 heterocycles. The van der Waals surface area contributed by atoms with Crippen LogP contribution in [0.2, 0.25) is 0 Å². The topological polar surface area (TPSA) is 93.1 Å². The first kappa shape index (κ1) is 16.4. The minimum Gasteiger partial charge on any atom is -0.478 e. The lowest BCUT2D eigenvalue weighted by Crippen LogP contribution is -2.26. The van der Waals surface area contributed by atoms with Crippen LogP contribution in [0.5, 0.6) is 0 Å². The second-order valence-electron chi connectivity index (χ2n) is 4.79. The van der Waals surface area contributed by atoms with Gasteiger partial charge in [-0.15, -0.1) is 0 Å². The van der Waals surface area contributed by atoms with Crippen LogP contribution in [-0.2, 0) is 19.4 Å². The third-order valence-electron chi connectivity index (χ3n) is 2.45. The van der Waals surface area contributed by atoms with Gasteiger partial charge in [-0.1, -0.05) is 20.8 Å². The molecule has 0 bridgehead atoms. The summed E-state index contributed by atoms with van der Waals surface area (Å²) in [4.78, 5) is 31.8. The molecule has 0 fully saturated rings. The van der Waals surface area contributed by atoms with E-state index in [1.165, 1.54) is 0 Å². The molecule has 0 aliphatic carbocycles. The van der Waals surface area contributed by atoms with Gasteiger partial charge >= 0.3 is 11.9 Å². The number of aliphatic carboxylic acids is 2. The fraction of sp³-hybridized carbons (Fsp3) is 0.667. The Bertz CT molecular complexity index is 354. The highest BCUT2D eigenvalue weighted by atomic mass is 17.2. The lowest BCUT2D eigenvalue weighted by Gasteiger charge is -2.22. The van der Waals surface area contributed by atoms with Crippen LogP contribution in [0.1, 0.15) is 41.0 Å². The summed E-state index contributed by atoms with van der Waals surface area (Å²) in [5, 5.41) is 18.0. The molecular weight excluding hydrogens is 240 g/mol. The Kier molecular flexibility index (Phi) is 5.84. The summed E-state index contributed by atoms with van der Waals surface area (Å²) in [6, 6.07) is 0. The summed E-state index contributed by atoms with van der Waals surface area (Å²) in [7, 11) is 0. The van der Waals surface area contributed by atoms with Crippen LogP contribution in [-0.4, -0.2) is 27.8 Å². The predicted molar refractivity (Wildman–Crippen MR) is 63.7 cm³/mol. The Labute approximate surface area is 106 Å². The lowest BCUT2D eigenvalue weighted by molar-refractivity contribution is -0.326. The summed E-state index contributed by atoms with van der Waals surface area (Å²) in [6.07, 6.45) is 0.587. The van der Waals surface area contributed by atoms with Crippen molar-refractivity contribution in [3.63, 3.8) is 0 Å². The maximum atomic E-state index is 11.0. The van der Waals surface area contributed by atoms with E-state index in [9.17, 15) is 9.59 Å². The van der Waals surface area contributed by atoms with Crippen molar-refractivity contribution in [3.05, 3.63) is 11.3 Å². The molecule has 6 heteroatoms. The van der Waals surface area contributed by atoms with Gasteiger partial charge in [0.1, 0.15) is 5.60 Å². The molecule has 0 spiro atoms. The van der Waals surface area contributed by atoms with Gasteiger partial charge in [0, 0.05) is 0 Å². The van der Waals surface area contributed by atoms with E-state index < -0.39 is 29.2 Å². The maximum Gasteiger partial charge on any atom is 0.375 e. The second kappa shape index (κ2) is 6.39. The van der Waals surface area contributed by atoms with Gasteiger partial charge in [0.2, 0.25) is 0 Å². The molecule has 0 aliphatic rings. The first-order chi connectivity index (χ1) is 8.12. The molecule has 0 aliphatic heterocycles. The minimum atomic E-state index is -1.46. The average Bonchev–Trinajstić information content (AvgIpc) is 2.22. The second-order valence-corrected chi connectivity index (χ2v) is 4.79. The van der Waals surface area contributed by atoms with Gasteiger partial charge in [-0.3, -0.25) is 0 Å². The highest BCUT2D eigenvalue weighted by Gasteiger charge is 2.28. The number of carboxylic acid groups (broad SMARTS) is 2. The molecule has 0 unspecified atom stereocenters. The van der Waals surface area contributed by atoms with Crippen molar-refractivity contribution < 1.29 is 29.6 Å². The van der Waals surface area contributed by atoms with Gasteiger partial charge in [-0.25, -0.2) is 9.59 Å². The van der Waals surface area contributed by atoms with Gasteiger partial charge in [-0.2, -0.15) is 4.89 Å². The third-order valence-corrected chi connectivity index (χ3v) is 2.45. The molecule has 0 amide bonds. The zero-order valence-corrected chi connectivity index (χ0v) is 11.3. The van der Waals surface area contributed by atoms with E-state index in [4.69, 9.17) is 20.0 Å². The average molecular weight is 260 g/mol. The zero-order valence-electron chi connectivity index (χ0n) is 11.3. The van der Waals surface area contributed by atoms with Gasteiger partial charge < -0.3 is 15.1 Å². The van der Waals surface area contributed by atoms with Gasteiger partial charge in [0.05, 0.1) is 5.57 Å². The van der Waals surface area contributed by atoms with E-state index in [2.05, 4.69) is 0 Å². The van der Waals surface area contributed by atoms with E-state index in [-0.39, 0.29) is 5.57 Å². The van der Waals surface area contributed by atoms with E-state index in [0.717, 1.165) is 0 Å². The number of hydrogen-bond acceptors (Lipinski definition) is 4. The first-order valence-electron chi connectivity index (χ1n) is 5.68. The molecule has 104 valence electrons. The largest absolute Gasteiger partial charge is 0.478 e. The quantitative estimate of drug-likeness (QED) is 0.315. The van der Waals surface area contributed by atoms with Crippen LogP contribution in [0.3, 0.4) is 0 Å². The number of carboxylic acids is 2. The summed E-state index contributed by atoms with van der Waals surface area (Å²) in [5.74, 6) is -3.98. The van der Waals surface area contributed by atoms with Crippen LogP contribution in [0.15, 0.2) is 11.3 Å². The summed E-state index contributed by atoms with van der Waals surface area (Å²) < 4.78 is 0. The van der Waals surface area contributed by atoms with Crippen molar-refractivity contribution in [2.75, 3.05) is 0 Å². The molecule has 0 radical (unpaired) electrons. The molecule has 0 aromatic carbocycles. The van der Waals surface area contributed by atoms with Crippen LogP contribution in [0.4, 0.5) is 0 Å². The number of hydrogen-bond donors (Lipinski definition) is 2. The summed E-state index contributed by atoms with van der Waals surface area (Å²) in [5.41, 5.74) is -1.02. The van der Waals surface area contributed by atoms with Gasteiger partial charge in [-0.05, 0) is 26.2 Å². The highest BCUT2D eigenvalue weighted by molar-refractivity contribution is 5.97. The van der Waals surface area contributed by atoms with E-state index in [1.807, 2.05) is 6.92 Å². The highest BCUT2D eigenvalue weighted by Crippen LogP contribution is 2.21. The maximum absolute atomic E-state index is 11.0. The van der Waals surface area contributed by atoms with Crippen molar-refractivity contribution in [3.8, 4) is 0 Å². The molecule has 0 rings (SSSR count). The Morgan fingerprint density at radius 3 is 1.94 bits per heavy atom. The Hall–Kier alpha value is -1.56. The monoisotopic (exact) mass is 260 g/mol. The Morgan fingerprint density at radius 2 is 1.67 bits per heavy atom. The van der Waals surface area contributed by atoms with Crippen molar-refractivity contribution in [2.24, 2.45) is 5.92 Å². The van der Waals surface area contributed by atoms with E-state index >= 15 is 0 Å². The standard InChI is InChI=1S/C12H20O6/c1-6-12(4,5)18-17-9(11(15)16)8(7(2)3)10(13)14/h7H,6H2,1-5H3,(H,13,14)(H,15,16). The van der Waals surface area contributed by atoms with E-state index in [0.29, 0.717) is 6.42 Å². The molecule has 6 nitrogen and oxygen atoms in total. The third kappa shape index (κ3) is 4.75. The van der Waals surface area contributed by atoms with Crippen molar-refractivity contribution in [2.45, 2.75) is 46.6 Å². The van der Waals surface area contributed by atoms with Crippen LogP contribution < -0.4 is 0 Å². The smallest absolute Gasteiger partial charge is 0.375 e. The Balaban J connectivity index is 5.24. The van der Waals surface area contributed by atoms with Gasteiger partial charge in [0.25, 0.3) is 5.76 Å². The lowest BCUT2D eigenvalue weighted by atomic mass is 10.0. The fourth-order valence-corrected chi connectivity index (χ4v) is 1.02. The predicted octanol–water partition coefficient (Wildman–Crippen LogP) is 2.20. The molecule has 0 saturated carbocycles. The Morgan fingerprint density at radius 1 is 1.17 bits per heavy atom. The molecule has 0 saturated heterocycles. The van der Waals surface area contributed by atoms with Crippen LogP contribution in [0, 0.1) is 5.92 Å². The van der Waals surface area contributed by atoms with E-state index in [1.54, 1.807) is 27.7 Å². The van der Waals surface area contributed by atoms with Crippen molar-refractivity contribution in [1.82, 2.24) is 0 Å². The number of rotatable bonds is 7. The fourth-order valence-electron chi connectivity index (χ4n) is 1.02. The van der Waals surface area contributed by atoms with Crippen LogP contribution >= 0.6 is 0 Å². The van der Waals surface area contributed by atoms with Crippen LogP contribution in [0.25, 0.3) is 0 Å². The normalized spacial score (nSPS) is 13.2. The molecule has 0 aromatic rings. The molecule has 0 aromatic heterocycles. The number of carbonyl (C=O) groups is 2. The molecule has 18 heavy (non-hydrogen) atoms. The molecule has 0 atom stereocenters. The minimum absolute atomic E-state index is 0.325. The first-order valence-corrected chi connectivity index (χ1v) is 5.68. The van der Waals surface area contributed by atoms with Crippen molar-refractivity contribution >= 4 is 11.9 Å². The molecular formula is C12H20O6. The SMILES string of the molecule is CCC(C)(C)OOC(C(=O)O)=C(C(=O)O)C(C)C.